The molecule has 1 atom stereocenters. The van der Waals surface area contributed by atoms with E-state index in [1.807, 2.05) is 0 Å². The van der Waals surface area contributed by atoms with Crippen LogP contribution in [0.2, 0.25) is 0 Å². The third-order valence-electron chi connectivity index (χ3n) is 6.59. The quantitative estimate of drug-likeness (QED) is 0.849. The van der Waals surface area contributed by atoms with Crippen LogP contribution in [0.4, 0.5) is 17.5 Å². The van der Waals surface area contributed by atoms with E-state index in [0.717, 1.165) is 44.1 Å². The summed E-state index contributed by atoms with van der Waals surface area (Å²) in [6.45, 7) is 7.94. The number of hydrogen-bond donors (Lipinski definition) is 1. The van der Waals surface area contributed by atoms with E-state index in [0.29, 0.717) is 17.4 Å². The van der Waals surface area contributed by atoms with Crippen molar-refractivity contribution in [2.24, 2.45) is 0 Å². The minimum absolute atomic E-state index is 0.144. The van der Waals surface area contributed by atoms with Crippen molar-refractivity contribution in [1.29, 1.82) is 5.26 Å². The van der Waals surface area contributed by atoms with Gasteiger partial charge in [-0.05, 0) is 88.0 Å². The maximum atomic E-state index is 9.18. The Bertz CT molecular complexity index is 910. The number of rotatable bonds is 4. The van der Waals surface area contributed by atoms with Crippen LogP contribution in [0.3, 0.4) is 0 Å². The first-order valence-electron chi connectivity index (χ1n) is 10.6. The van der Waals surface area contributed by atoms with E-state index in [-0.39, 0.29) is 5.41 Å². The number of anilines is 3. The van der Waals surface area contributed by atoms with Gasteiger partial charge in [-0.25, -0.2) is 9.97 Å². The molecule has 0 radical (unpaired) electrons. The SMILES string of the molecule is C[C@@H]1CCCN1c1cc(C2(C)CCN(C)CC2)cc(Nc2cc(C#N)ccn2)n1. The summed E-state index contributed by atoms with van der Waals surface area (Å²) in [7, 11) is 2.20. The predicted molar refractivity (Wildman–Crippen MR) is 117 cm³/mol. The fourth-order valence-corrected chi connectivity index (χ4v) is 4.45. The van der Waals surface area contributed by atoms with Crippen molar-refractivity contribution in [3.8, 4) is 6.07 Å². The molecule has 2 aromatic rings. The van der Waals surface area contributed by atoms with Gasteiger partial charge >= 0.3 is 0 Å². The lowest BCUT2D eigenvalue weighted by Crippen LogP contribution is -2.39. The standard InChI is InChI=1S/C23H30N6/c1-17-5-4-10-29(17)22-15-19(23(2)7-11-28(3)12-8-23)14-21(27-22)26-20-13-18(16-24)6-9-25-20/h6,9,13-15,17H,4-5,7-8,10-12H2,1-3H3,(H,25,26,27)/t17-/m1/s1. The van der Waals surface area contributed by atoms with Crippen molar-refractivity contribution < 1.29 is 0 Å². The van der Waals surface area contributed by atoms with Crippen LogP contribution in [0.15, 0.2) is 30.5 Å². The van der Waals surface area contributed by atoms with Gasteiger partial charge in [-0.2, -0.15) is 5.26 Å². The molecule has 0 saturated carbocycles. The average molecular weight is 391 g/mol. The summed E-state index contributed by atoms with van der Waals surface area (Å²) in [5.41, 5.74) is 2.08. The van der Waals surface area contributed by atoms with Gasteiger partial charge in [0.15, 0.2) is 0 Å². The van der Waals surface area contributed by atoms with Crippen molar-refractivity contribution in [1.82, 2.24) is 14.9 Å². The topological polar surface area (TPSA) is 68.1 Å². The zero-order valence-electron chi connectivity index (χ0n) is 17.6. The van der Waals surface area contributed by atoms with Gasteiger partial charge in [0.05, 0.1) is 11.6 Å². The van der Waals surface area contributed by atoms with Crippen molar-refractivity contribution in [2.75, 3.05) is 36.9 Å². The molecular formula is C23H30N6. The molecule has 6 nitrogen and oxygen atoms in total. The molecule has 2 aliphatic rings. The molecular weight excluding hydrogens is 360 g/mol. The van der Waals surface area contributed by atoms with Crippen LogP contribution in [-0.2, 0) is 5.41 Å². The highest BCUT2D eigenvalue weighted by Gasteiger charge is 2.32. The predicted octanol–water partition coefficient (Wildman–Crippen LogP) is 4.06. The second kappa shape index (κ2) is 8.00. The number of likely N-dealkylation sites (tertiary alicyclic amines) is 1. The number of piperidine rings is 1. The van der Waals surface area contributed by atoms with Crippen molar-refractivity contribution >= 4 is 17.5 Å². The molecule has 6 heteroatoms. The van der Waals surface area contributed by atoms with Crippen molar-refractivity contribution in [2.45, 2.75) is 51.0 Å². The summed E-state index contributed by atoms with van der Waals surface area (Å²) in [5, 5.41) is 12.5. The maximum absolute atomic E-state index is 9.18. The van der Waals surface area contributed by atoms with Gasteiger partial charge in [0.2, 0.25) is 0 Å². The number of pyridine rings is 2. The summed E-state index contributed by atoms with van der Waals surface area (Å²) in [6.07, 6.45) is 6.37. The zero-order valence-corrected chi connectivity index (χ0v) is 17.6. The molecule has 0 unspecified atom stereocenters. The number of nitrogens with one attached hydrogen (secondary N) is 1. The Balaban J connectivity index is 1.71. The first kappa shape index (κ1) is 19.7. The second-order valence-corrected chi connectivity index (χ2v) is 8.81. The second-order valence-electron chi connectivity index (χ2n) is 8.81. The van der Waals surface area contributed by atoms with Crippen LogP contribution in [0.1, 0.15) is 50.7 Å². The third-order valence-corrected chi connectivity index (χ3v) is 6.59. The van der Waals surface area contributed by atoms with Gasteiger partial charge in [-0.15, -0.1) is 0 Å². The molecule has 0 spiro atoms. The Labute approximate surface area is 173 Å². The number of aromatic nitrogens is 2. The Hall–Kier alpha value is -2.65. The highest BCUT2D eigenvalue weighted by atomic mass is 15.2. The maximum Gasteiger partial charge on any atom is 0.134 e. The van der Waals surface area contributed by atoms with E-state index < -0.39 is 0 Å². The summed E-state index contributed by atoms with van der Waals surface area (Å²) in [6, 6.07) is 10.6. The van der Waals surface area contributed by atoms with Gasteiger partial charge in [-0.3, -0.25) is 0 Å². The van der Waals surface area contributed by atoms with Crippen LogP contribution in [0.5, 0.6) is 0 Å². The largest absolute Gasteiger partial charge is 0.354 e. The molecule has 4 heterocycles. The van der Waals surface area contributed by atoms with Crippen LogP contribution >= 0.6 is 0 Å². The van der Waals surface area contributed by atoms with Gasteiger partial charge in [0.25, 0.3) is 0 Å². The lowest BCUT2D eigenvalue weighted by molar-refractivity contribution is 0.200. The van der Waals surface area contributed by atoms with E-state index in [4.69, 9.17) is 4.98 Å². The molecule has 152 valence electrons. The summed E-state index contributed by atoms with van der Waals surface area (Å²) < 4.78 is 0. The number of nitriles is 1. The van der Waals surface area contributed by atoms with E-state index in [2.05, 4.69) is 59.2 Å². The number of nitrogens with zero attached hydrogens (tertiary/aromatic N) is 5. The molecule has 4 rings (SSSR count). The smallest absolute Gasteiger partial charge is 0.134 e. The number of hydrogen-bond acceptors (Lipinski definition) is 6. The Morgan fingerprint density at radius 1 is 1.17 bits per heavy atom. The summed E-state index contributed by atoms with van der Waals surface area (Å²) in [5.74, 6) is 2.51. The van der Waals surface area contributed by atoms with Gasteiger partial charge in [0, 0.05) is 18.8 Å². The van der Waals surface area contributed by atoms with E-state index in [9.17, 15) is 5.26 Å². The Morgan fingerprint density at radius 3 is 2.66 bits per heavy atom. The molecule has 0 bridgehead atoms. The van der Waals surface area contributed by atoms with E-state index >= 15 is 0 Å². The van der Waals surface area contributed by atoms with Gasteiger partial charge in [-0.1, -0.05) is 6.92 Å². The third kappa shape index (κ3) is 4.20. The lowest BCUT2D eigenvalue weighted by atomic mass is 9.75. The first-order valence-corrected chi connectivity index (χ1v) is 10.6. The van der Waals surface area contributed by atoms with Crippen LogP contribution in [0.25, 0.3) is 0 Å². The van der Waals surface area contributed by atoms with E-state index in [1.54, 1.807) is 18.3 Å². The van der Waals surface area contributed by atoms with Crippen molar-refractivity contribution in [3.63, 3.8) is 0 Å². The molecule has 0 aliphatic carbocycles. The monoisotopic (exact) mass is 390 g/mol. The first-order chi connectivity index (χ1) is 14.0. The fourth-order valence-electron chi connectivity index (χ4n) is 4.45. The van der Waals surface area contributed by atoms with Crippen LogP contribution < -0.4 is 10.2 Å². The summed E-state index contributed by atoms with van der Waals surface area (Å²) >= 11 is 0. The lowest BCUT2D eigenvalue weighted by Gasteiger charge is -2.39. The van der Waals surface area contributed by atoms with E-state index in [1.165, 1.54) is 18.4 Å². The molecule has 0 amide bonds. The van der Waals surface area contributed by atoms with Crippen LogP contribution in [0, 0.1) is 11.3 Å². The summed E-state index contributed by atoms with van der Waals surface area (Å²) in [4.78, 5) is 14.1. The Kier molecular flexibility index (Phi) is 5.42. The van der Waals surface area contributed by atoms with Gasteiger partial charge in [0.1, 0.15) is 17.5 Å². The molecule has 2 aliphatic heterocycles. The highest BCUT2D eigenvalue weighted by Crippen LogP contribution is 2.38. The zero-order chi connectivity index (χ0) is 20.4. The normalized spacial score (nSPS) is 21.7. The molecule has 29 heavy (non-hydrogen) atoms. The van der Waals surface area contributed by atoms with Gasteiger partial charge < -0.3 is 15.1 Å². The van der Waals surface area contributed by atoms with Crippen LogP contribution in [-0.4, -0.2) is 47.6 Å². The van der Waals surface area contributed by atoms with Crippen molar-refractivity contribution in [3.05, 3.63) is 41.6 Å². The molecule has 1 N–H and O–H groups in total. The molecule has 2 saturated heterocycles. The average Bonchev–Trinajstić information content (AvgIpc) is 3.16. The molecule has 2 aromatic heterocycles. The Morgan fingerprint density at radius 2 is 1.97 bits per heavy atom. The fraction of sp³-hybridized carbons (Fsp3) is 0.522. The molecule has 2 fully saturated rings. The highest BCUT2D eigenvalue weighted by molar-refractivity contribution is 5.60. The minimum atomic E-state index is 0.144. The minimum Gasteiger partial charge on any atom is -0.354 e. The molecule has 0 aromatic carbocycles.